The first-order valence-corrected chi connectivity index (χ1v) is 6.30. The van der Waals surface area contributed by atoms with Gasteiger partial charge < -0.3 is 15.5 Å². The van der Waals surface area contributed by atoms with Crippen LogP contribution in [-0.2, 0) is 0 Å². The molecular weight excluding hydrogens is 190 g/mol. The number of rotatable bonds is 6. The van der Waals surface area contributed by atoms with E-state index < -0.39 is 6.10 Å². The summed E-state index contributed by atoms with van der Waals surface area (Å²) in [6.07, 6.45) is 7.23. The normalized spacial score (nSPS) is 22.6. The lowest BCUT2D eigenvalue weighted by molar-refractivity contribution is 0.0877. The number of hydrogen-bond donors (Lipinski definition) is 3. The largest absolute Gasteiger partial charge is 0.394 e. The molecule has 0 saturated heterocycles. The van der Waals surface area contributed by atoms with Crippen LogP contribution in [-0.4, -0.2) is 35.5 Å². The molecule has 90 valence electrons. The van der Waals surface area contributed by atoms with Crippen molar-refractivity contribution >= 4 is 0 Å². The summed E-state index contributed by atoms with van der Waals surface area (Å²) in [5.41, 5.74) is 0. The molecule has 2 unspecified atom stereocenters. The molecule has 1 fully saturated rings. The van der Waals surface area contributed by atoms with Gasteiger partial charge >= 0.3 is 0 Å². The maximum Gasteiger partial charge on any atom is 0.0895 e. The summed E-state index contributed by atoms with van der Waals surface area (Å²) in [4.78, 5) is 0. The maximum atomic E-state index is 9.29. The van der Waals surface area contributed by atoms with E-state index in [9.17, 15) is 5.11 Å². The Hall–Kier alpha value is -0.120. The average Bonchev–Trinajstić information content (AvgIpc) is 2.31. The molecule has 1 saturated carbocycles. The summed E-state index contributed by atoms with van der Waals surface area (Å²) in [5.74, 6) is 0.773. The van der Waals surface area contributed by atoms with Crippen molar-refractivity contribution in [3.05, 3.63) is 0 Å². The van der Waals surface area contributed by atoms with Crippen LogP contribution in [0.5, 0.6) is 0 Å². The van der Waals surface area contributed by atoms with Crippen molar-refractivity contribution in [3.8, 4) is 0 Å². The molecule has 0 aliphatic heterocycles. The fourth-order valence-electron chi connectivity index (χ4n) is 2.53. The van der Waals surface area contributed by atoms with E-state index in [0.717, 1.165) is 12.3 Å². The summed E-state index contributed by atoms with van der Waals surface area (Å²) < 4.78 is 0. The van der Waals surface area contributed by atoms with Crippen LogP contribution in [0.15, 0.2) is 0 Å². The lowest BCUT2D eigenvalue weighted by Crippen LogP contribution is -2.41. The Kier molecular flexibility index (Phi) is 6.22. The first-order chi connectivity index (χ1) is 7.27. The van der Waals surface area contributed by atoms with Crippen LogP contribution in [0.3, 0.4) is 0 Å². The van der Waals surface area contributed by atoms with Crippen molar-refractivity contribution in [2.45, 2.75) is 57.6 Å². The van der Waals surface area contributed by atoms with Crippen LogP contribution in [0.25, 0.3) is 0 Å². The fraction of sp³-hybridized carbons (Fsp3) is 1.00. The Labute approximate surface area is 92.9 Å². The minimum Gasteiger partial charge on any atom is -0.394 e. The van der Waals surface area contributed by atoms with E-state index in [0.29, 0.717) is 12.6 Å². The second-order valence-electron chi connectivity index (χ2n) is 4.66. The topological polar surface area (TPSA) is 52.5 Å². The molecule has 0 aromatic carbocycles. The highest BCUT2D eigenvalue weighted by molar-refractivity contribution is 4.79. The molecule has 0 bridgehead atoms. The van der Waals surface area contributed by atoms with Crippen LogP contribution in [0.1, 0.15) is 45.4 Å². The van der Waals surface area contributed by atoms with Gasteiger partial charge in [-0.2, -0.15) is 0 Å². The average molecular weight is 215 g/mol. The number of aliphatic hydroxyl groups excluding tert-OH is 2. The Morgan fingerprint density at radius 2 is 1.93 bits per heavy atom. The van der Waals surface area contributed by atoms with Crippen LogP contribution in [0.4, 0.5) is 0 Å². The smallest absolute Gasteiger partial charge is 0.0895 e. The van der Waals surface area contributed by atoms with Gasteiger partial charge in [0.2, 0.25) is 0 Å². The fourth-order valence-corrected chi connectivity index (χ4v) is 2.53. The van der Waals surface area contributed by atoms with Gasteiger partial charge in [0.1, 0.15) is 0 Å². The molecule has 1 aliphatic rings. The zero-order chi connectivity index (χ0) is 11.1. The molecule has 3 N–H and O–H groups in total. The zero-order valence-corrected chi connectivity index (χ0v) is 9.78. The molecule has 0 spiro atoms. The number of aliphatic hydroxyl groups is 2. The molecular formula is C12H25NO2. The highest BCUT2D eigenvalue weighted by Gasteiger charge is 2.22. The van der Waals surface area contributed by atoms with E-state index >= 15 is 0 Å². The molecule has 3 heteroatoms. The molecule has 0 aromatic heterocycles. The maximum absolute atomic E-state index is 9.29. The van der Waals surface area contributed by atoms with Gasteiger partial charge in [-0.25, -0.2) is 0 Å². The van der Waals surface area contributed by atoms with Crippen molar-refractivity contribution in [2.75, 3.05) is 13.2 Å². The summed E-state index contributed by atoms with van der Waals surface area (Å²) in [5, 5.41) is 21.4. The van der Waals surface area contributed by atoms with Gasteiger partial charge in [0.15, 0.2) is 0 Å². The van der Waals surface area contributed by atoms with Gasteiger partial charge in [0.25, 0.3) is 0 Å². The Morgan fingerprint density at radius 3 is 2.47 bits per heavy atom. The monoisotopic (exact) mass is 215 g/mol. The first kappa shape index (κ1) is 12.9. The van der Waals surface area contributed by atoms with Gasteiger partial charge in [0.05, 0.1) is 12.7 Å². The predicted octanol–water partition coefficient (Wildman–Crippen LogP) is 1.29. The highest BCUT2D eigenvalue weighted by Crippen LogP contribution is 2.27. The lowest BCUT2D eigenvalue weighted by Gasteiger charge is -2.30. The summed E-state index contributed by atoms with van der Waals surface area (Å²) >= 11 is 0. The van der Waals surface area contributed by atoms with Crippen molar-refractivity contribution in [1.82, 2.24) is 5.32 Å². The van der Waals surface area contributed by atoms with Crippen LogP contribution in [0.2, 0.25) is 0 Å². The third-order valence-electron chi connectivity index (χ3n) is 3.49. The van der Waals surface area contributed by atoms with Gasteiger partial charge in [-0.1, -0.05) is 26.2 Å². The van der Waals surface area contributed by atoms with E-state index in [1.54, 1.807) is 0 Å². The minimum absolute atomic E-state index is 0.145. The highest BCUT2D eigenvalue weighted by atomic mass is 16.3. The Bertz CT molecular complexity index is 158. The molecule has 1 rings (SSSR count). The number of nitrogens with one attached hydrogen (secondary N) is 1. The van der Waals surface area contributed by atoms with Crippen LogP contribution in [0, 0.1) is 5.92 Å². The van der Waals surface area contributed by atoms with Gasteiger partial charge in [0, 0.05) is 12.6 Å². The third kappa shape index (κ3) is 4.49. The number of hydrogen-bond acceptors (Lipinski definition) is 3. The van der Waals surface area contributed by atoms with Crippen LogP contribution >= 0.6 is 0 Å². The van der Waals surface area contributed by atoms with Crippen molar-refractivity contribution in [3.63, 3.8) is 0 Å². The van der Waals surface area contributed by atoms with Gasteiger partial charge in [-0.15, -0.1) is 0 Å². The second kappa shape index (κ2) is 7.20. The Balaban J connectivity index is 2.27. The van der Waals surface area contributed by atoms with E-state index in [1.165, 1.54) is 32.1 Å². The molecule has 0 radical (unpaired) electrons. The molecule has 0 amide bonds. The van der Waals surface area contributed by atoms with E-state index in [1.807, 2.05) is 0 Å². The molecule has 1 aliphatic carbocycles. The van der Waals surface area contributed by atoms with Gasteiger partial charge in [-0.05, 0) is 25.2 Å². The molecule has 3 nitrogen and oxygen atoms in total. The minimum atomic E-state index is -0.609. The van der Waals surface area contributed by atoms with Gasteiger partial charge in [-0.3, -0.25) is 0 Å². The van der Waals surface area contributed by atoms with E-state index in [4.69, 9.17) is 5.11 Å². The molecule has 0 heterocycles. The van der Waals surface area contributed by atoms with Crippen molar-refractivity contribution in [2.24, 2.45) is 5.92 Å². The van der Waals surface area contributed by atoms with Crippen LogP contribution < -0.4 is 5.32 Å². The predicted molar refractivity (Wildman–Crippen MR) is 61.7 cm³/mol. The molecule has 15 heavy (non-hydrogen) atoms. The lowest BCUT2D eigenvalue weighted by atomic mass is 9.83. The molecule has 2 atom stereocenters. The quantitative estimate of drug-likeness (QED) is 0.626. The molecule has 0 aromatic rings. The summed E-state index contributed by atoms with van der Waals surface area (Å²) in [7, 11) is 0. The second-order valence-corrected chi connectivity index (χ2v) is 4.66. The van der Waals surface area contributed by atoms with Crippen molar-refractivity contribution in [1.29, 1.82) is 0 Å². The van der Waals surface area contributed by atoms with E-state index in [-0.39, 0.29) is 6.61 Å². The first-order valence-electron chi connectivity index (χ1n) is 6.30. The van der Waals surface area contributed by atoms with Crippen molar-refractivity contribution < 1.29 is 10.2 Å². The zero-order valence-electron chi connectivity index (χ0n) is 9.78. The standard InChI is InChI=1S/C12H25NO2/c1-2-12(13-8-11(15)9-14)10-6-4-3-5-7-10/h10-15H,2-9H2,1H3. The van der Waals surface area contributed by atoms with E-state index in [2.05, 4.69) is 12.2 Å². The summed E-state index contributed by atoms with van der Waals surface area (Å²) in [6, 6.07) is 0.520. The summed E-state index contributed by atoms with van der Waals surface area (Å²) in [6.45, 7) is 2.57. The SMILES string of the molecule is CCC(NCC(O)CO)C1CCCCC1. The Morgan fingerprint density at radius 1 is 1.27 bits per heavy atom. The third-order valence-corrected chi connectivity index (χ3v) is 3.49.